The van der Waals surface area contributed by atoms with E-state index in [0.29, 0.717) is 12.0 Å². The van der Waals surface area contributed by atoms with Gasteiger partial charge in [-0.25, -0.2) is 4.39 Å². The van der Waals surface area contributed by atoms with Crippen molar-refractivity contribution in [1.82, 2.24) is 4.90 Å². The minimum Gasteiger partial charge on any atom is -0.300 e. The van der Waals surface area contributed by atoms with Gasteiger partial charge >= 0.3 is 0 Å². The van der Waals surface area contributed by atoms with Crippen LogP contribution in [0.2, 0.25) is 0 Å². The fourth-order valence-electron chi connectivity index (χ4n) is 1.50. The summed E-state index contributed by atoms with van der Waals surface area (Å²) in [5.41, 5.74) is 1.00. The molecule has 1 nitrogen and oxygen atoms in total. The summed E-state index contributed by atoms with van der Waals surface area (Å²) in [4.78, 5) is 2.37. The average Bonchev–Trinajstić information content (AvgIpc) is 1.97. The van der Waals surface area contributed by atoms with Gasteiger partial charge in [-0.1, -0.05) is 19.2 Å². The van der Waals surface area contributed by atoms with Gasteiger partial charge in [0.1, 0.15) is 5.83 Å². The summed E-state index contributed by atoms with van der Waals surface area (Å²) >= 11 is 0. The van der Waals surface area contributed by atoms with Crippen molar-refractivity contribution in [3.63, 3.8) is 0 Å². The van der Waals surface area contributed by atoms with Crippen molar-refractivity contribution in [2.24, 2.45) is 5.92 Å². The van der Waals surface area contributed by atoms with Crippen LogP contribution in [0.1, 0.15) is 13.8 Å². The monoisotopic (exact) mass is 195 g/mol. The third kappa shape index (κ3) is 2.81. The molecule has 78 valence electrons. The van der Waals surface area contributed by atoms with Gasteiger partial charge in [-0.05, 0) is 25.5 Å². The van der Waals surface area contributed by atoms with Gasteiger partial charge in [0.25, 0.3) is 0 Å². The van der Waals surface area contributed by atoms with Crippen LogP contribution in [-0.2, 0) is 0 Å². The lowest BCUT2D eigenvalue weighted by Gasteiger charge is -2.42. The van der Waals surface area contributed by atoms with E-state index in [9.17, 15) is 4.39 Å². The Morgan fingerprint density at radius 2 is 1.93 bits per heavy atom. The molecule has 0 atom stereocenters. The standard InChI is InChI=1S/C12H18FN/c1-9(2)14-7-12(8-14)10(3)5-6-11(4)13/h5-6,9,12H,3-4,7-8H2,1-2H3/b6-5-. The summed E-state index contributed by atoms with van der Waals surface area (Å²) in [6, 6.07) is 0.596. The molecule has 0 radical (unpaired) electrons. The quantitative estimate of drug-likeness (QED) is 0.623. The topological polar surface area (TPSA) is 3.24 Å². The summed E-state index contributed by atoms with van der Waals surface area (Å²) in [7, 11) is 0. The highest BCUT2D eigenvalue weighted by atomic mass is 19.1. The first-order valence-corrected chi connectivity index (χ1v) is 4.96. The van der Waals surface area contributed by atoms with Crippen molar-refractivity contribution in [2.75, 3.05) is 13.1 Å². The number of likely N-dealkylation sites (tertiary alicyclic amines) is 1. The molecule has 1 rings (SSSR count). The molecule has 0 amide bonds. The molecule has 0 N–H and O–H groups in total. The van der Waals surface area contributed by atoms with E-state index in [1.807, 2.05) is 0 Å². The number of nitrogens with zero attached hydrogens (tertiary/aromatic N) is 1. The SMILES string of the molecule is C=C(F)/C=C\C(=C)C1CN(C(C)C)C1. The lowest BCUT2D eigenvalue weighted by Crippen LogP contribution is -2.50. The Bertz CT molecular complexity index is 259. The minimum atomic E-state index is -0.411. The predicted octanol–water partition coefficient (Wildman–Crippen LogP) is 2.92. The summed E-state index contributed by atoms with van der Waals surface area (Å²) in [5.74, 6) is 0.0826. The maximum atomic E-state index is 12.3. The maximum absolute atomic E-state index is 12.3. The van der Waals surface area contributed by atoms with Crippen LogP contribution in [0.5, 0.6) is 0 Å². The third-order valence-electron chi connectivity index (χ3n) is 2.64. The maximum Gasteiger partial charge on any atom is 0.116 e. The van der Waals surface area contributed by atoms with Gasteiger partial charge in [0, 0.05) is 25.0 Å². The van der Waals surface area contributed by atoms with Crippen molar-refractivity contribution < 1.29 is 4.39 Å². The van der Waals surface area contributed by atoms with Crippen molar-refractivity contribution >= 4 is 0 Å². The van der Waals surface area contributed by atoms with Gasteiger partial charge in [0.05, 0.1) is 0 Å². The van der Waals surface area contributed by atoms with Crippen molar-refractivity contribution in [2.45, 2.75) is 19.9 Å². The molecular formula is C12H18FN. The fraction of sp³-hybridized carbons (Fsp3) is 0.500. The van der Waals surface area contributed by atoms with Crippen LogP contribution in [0, 0.1) is 5.92 Å². The Kier molecular flexibility index (Phi) is 3.64. The Morgan fingerprint density at radius 1 is 1.36 bits per heavy atom. The van der Waals surface area contributed by atoms with Gasteiger partial charge in [-0.2, -0.15) is 0 Å². The lowest BCUT2D eigenvalue weighted by atomic mass is 9.91. The summed E-state index contributed by atoms with van der Waals surface area (Å²) < 4.78 is 12.3. The normalized spacial score (nSPS) is 18.9. The molecule has 2 heteroatoms. The van der Waals surface area contributed by atoms with Crippen LogP contribution in [0.3, 0.4) is 0 Å². The molecule has 0 saturated carbocycles. The second-order valence-electron chi connectivity index (χ2n) is 4.10. The van der Waals surface area contributed by atoms with E-state index in [2.05, 4.69) is 31.9 Å². The third-order valence-corrected chi connectivity index (χ3v) is 2.64. The van der Waals surface area contributed by atoms with E-state index in [0.717, 1.165) is 18.7 Å². The van der Waals surface area contributed by atoms with E-state index in [-0.39, 0.29) is 0 Å². The Labute approximate surface area is 85.6 Å². The molecule has 0 aromatic carbocycles. The molecule has 0 aromatic heterocycles. The van der Waals surface area contributed by atoms with Gasteiger partial charge in [-0.15, -0.1) is 0 Å². The van der Waals surface area contributed by atoms with E-state index >= 15 is 0 Å². The average molecular weight is 195 g/mol. The molecule has 1 saturated heterocycles. The van der Waals surface area contributed by atoms with Crippen LogP contribution in [0.15, 0.2) is 36.7 Å². The first kappa shape index (κ1) is 11.2. The number of halogens is 1. The molecular weight excluding hydrogens is 177 g/mol. The predicted molar refractivity (Wildman–Crippen MR) is 58.7 cm³/mol. The Balaban J connectivity index is 2.33. The first-order chi connectivity index (χ1) is 6.50. The minimum absolute atomic E-state index is 0.411. The molecule has 14 heavy (non-hydrogen) atoms. The van der Waals surface area contributed by atoms with E-state index in [1.165, 1.54) is 6.08 Å². The molecule has 1 aliphatic heterocycles. The van der Waals surface area contributed by atoms with Gasteiger partial charge < -0.3 is 0 Å². The summed E-state index contributed by atoms with van der Waals surface area (Å²) in [6.07, 6.45) is 3.10. The Morgan fingerprint density at radius 3 is 2.36 bits per heavy atom. The first-order valence-electron chi connectivity index (χ1n) is 4.96. The van der Waals surface area contributed by atoms with Crippen molar-refractivity contribution in [1.29, 1.82) is 0 Å². The fourth-order valence-corrected chi connectivity index (χ4v) is 1.50. The smallest absolute Gasteiger partial charge is 0.116 e. The van der Waals surface area contributed by atoms with E-state index in [1.54, 1.807) is 6.08 Å². The molecule has 0 bridgehead atoms. The van der Waals surface area contributed by atoms with Gasteiger partial charge in [0.2, 0.25) is 0 Å². The highest BCUT2D eigenvalue weighted by Crippen LogP contribution is 2.25. The largest absolute Gasteiger partial charge is 0.300 e. The van der Waals surface area contributed by atoms with Crippen LogP contribution in [0.25, 0.3) is 0 Å². The zero-order chi connectivity index (χ0) is 10.7. The molecule has 0 aromatic rings. The highest BCUT2D eigenvalue weighted by Gasteiger charge is 2.29. The molecule has 0 spiro atoms. The van der Waals surface area contributed by atoms with Gasteiger partial charge in [-0.3, -0.25) is 4.90 Å². The number of allylic oxidation sites excluding steroid dienone is 3. The number of hydrogen-bond donors (Lipinski definition) is 0. The zero-order valence-corrected chi connectivity index (χ0v) is 8.96. The second kappa shape index (κ2) is 4.56. The summed E-state index contributed by atoms with van der Waals surface area (Å²) in [6.45, 7) is 13.5. The molecule has 1 fully saturated rings. The Hall–Kier alpha value is -0.890. The number of rotatable bonds is 4. The van der Waals surface area contributed by atoms with Crippen molar-refractivity contribution in [3.8, 4) is 0 Å². The second-order valence-corrected chi connectivity index (χ2v) is 4.10. The molecule has 1 aliphatic rings. The summed E-state index contributed by atoms with van der Waals surface area (Å²) in [5, 5.41) is 0. The van der Waals surface area contributed by atoms with E-state index < -0.39 is 5.83 Å². The van der Waals surface area contributed by atoms with Crippen molar-refractivity contribution in [3.05, 3.63) is 36.7 Å². The van der Waals surface area contributed by atoms with Crippen LogP contribution >= 0.6 is 0 Å². The molecule has 0 aliphatic carbocycles. The zero-order valence-electron chi connectivity index (χ0n) is 8.96. The van der Waals surface area contributed by atoms with E-state index in [4.69, 9.17) is 0 Å². The van der Waals surface area contributed by atoms with Crippen LogP contribution < -0.4 is 0 Å². The van der Waals surface area contributed by atoms with Crippen LogP contribution in [-0.4, -0.2) is 24.0 Å². The number of hydrogen-bond acceptors (Lipinski definition) is 1. The molecule has 0 unspecified atom stereocenters. The van der Waals surface area contributed by atoms with Gasteiger partial charge in [0.15, 0.2) is 0 Å². The highest BCUT2D eigenvalue weighted by molar-refractivity contribution is 5.25. The lowest BCUT2D eigenvalue weighted by molar-refractivity contribution is 0.0900. The van der Waals surface area contributed by atoms with Crippen LogP contribution in [0.4, 0.5) is 4.39 Å². The molecule has 1 heterocycles.